The summed E-state index contributed by atoms with van der Waals surface area (Å²) in [4.78, 5) is 11.3. The molecule has 0 spiro atoms. The summed E-state index contributed by atoms with van der Waals surface area (Å²) in [6.07, 6.45) is 2.84. The highest BCUT2D eigenvalue weighted by Gasteiger charge is 2.31. The molecule has 0 radical (unpaired) electrons. The van der Waals surface area contributed by atoms with Crippen LogP contribution in [0.1, 0.15) is 33.6 Å². The quantitative estimate of drug-likeness (QED) is 0.601. The van der Waals surface area contributed by atoms with E-state index in [0.29, 0.717) is 6.42 Å². The fraction of sp³-hybridized carbons (Fsp3) is 0.786. The summed E-state index contributed by atoms with van der Waals surface area (Å²) in [6.45, 7) is 5.68. The summed E-state index contributed by atoms with van der Waals surface area (Å²) in [5.74, 6) is 0. The minimum atomic E-state index is -0.798. The summed E-state index contributed by atoms with van der Waals surface area (Å²) in [5, 5.41) is 19.7. The number of ether oxygens (including phenoxy) is 2. The Balaban J connectivity index is 2.76. The topological polar surface area (TPSA) is 76.0 Å². The van der Waals surface area contributed by atoms with Crippen LogP contribution in [-0.2, 0) is 9.47 Å². The van der Waals surface area contributed by atoms with Crippen LogP contribution in [0.5, 0.6) is 0 Å². The summed E-state index contributed by atoms with van der Waals surface area (Å²) in [6, 6.07) is 0. The van der Waals surface area contributed by atoms with E-state index in [-0.39, 0.29) is 6.42 Å². The van der Waals surface area contributed by atoms with Crippen LogP contribution in [0.15, 0.2) is 12.2 Å². The number of carbonyl (C=O) groups excluding carboxylic acids is 1. The Bertz CT molecular complexity index is 350. The molecule has 5 nitrogen and oxygen atoms in total. The Morgan fingerprint density at radius 1 is 1.25 bits per heavy atom. The molecule has 0 heterocycles. The first-order valence-corrected chi connectivity index (χ1v) is 7.90. The van der Waals surface area contributed by atoms with E-state index >= 15 is 0 Å². The zero-order valence-corrected chi connectivity index (χ0v) is 13.2. The summed E-state index contributed by atoms with van der Waals surface area (Å²) < 4.78 is 11.0. The molecule has 1 aliphatic carbocycles. The van der Waals surface area contributed by atoms with Crippen molar-refractivity contribution >= 4 is 17.1 Å². The minimum absolute atomic E-state index is 0.260. The molecule has 116 valence electrons. The largest absolute Gasteiger partial charge is 0.450 e. The zero-order chi connectivity index (χ0) is 15.3. The van der Waals surface area contributed by atoms with Crippen LogP contribution < -0.4 is 0 Å². The van der Waals surface area contributed by atoms with Gasteiger partial charge in [0.15, 0.2) is 0 Å². The second kappa shape index (κ2) is 7.45. The lowest BCUT2D eigenvalue weighted by molar-refractivity contribution is -0.128. The van der Waals surface area contributed by atoms with Crippen molar-refractivity contribution in [1.82, 2.24) is 0 Å². The van der Waals surface area contributed by atoms with Gasteiger partial charge in [-0.05, 0) is 44.9 Å². The summed E-state index contributed by atoms with van der Waals surface area (Å²) >= 11 is 0.973. The Labute approximate surface area is 124 Å². The smallest absolute Gasteiger partial charge is 0.367 e. The van der Waals surface area contributed by atoms with Crippen LogP contribution in [0.4, 0.5) is 4.79 Å². The normalized spacial score (nSPS) is 33.1. The number of aliphatic hydroxyl groups is 2. The predicted molar refractivity (Wildman–Crippen MR) is 78.8 cm³/mol. The molecule has 0 fully saturated rings. The van der Waals surface area contributed by atoms with E-state index in [1.165, 1.54) is 0 Å². The standard InChI is InChI=1S/C14H24O5S/c1-14(2,3)19-12-7-9(15)5-6-10(8-11(12)16)18-13(17)20-4/h5-6,9-12,15-16H,7-8H2,1-4H3/b6-5+. The van der Waals surface area contributed by atoms with Gasteiger partial charge in [-0.2, -0.15) is 0 Å². The molecule has 0 bridgehead atoms. The van der Waals surface area contributed by atoms with Gasteiger partial charge in [-0.3, -0.25) is 0 Å². The lowest BCUT2D eigenvalue weighted by atomic mass is 9.96. The monoisotopic (exact) mass is 304 g/mol. The van der Waals surface area contributed by atoms with Gasteiger partial charge in [-0.15, -0.1) is 0 Å². The molecule has 0 aliphatic heterocycles. The van der Waals surface area contributed by atoms with E-state index in [1.54, 1.807) is 18.4 Å². The molecule has 2 N–H and O–H groups in total. The van der Waals surface area contributed by atoms with Gasteiger partial charge < -0.3 is 19.7 Å². The van der Waals surface area contributed by atoms with E-state index in [2.05, 4.69) is 0 Å². The van der Waals surface area contributed by atoms with Crippen molar-refractivity contribution in [1.29, 1.82) is 0 Å². The average molecular weight is 304 g/mol. The van der Waals surface area contributed by atoms with Crippen molar-refractivity contribution in [3.8, 4) is 0 Å². The molecular formula is C14H24O5S. The molecule has 4 unspecified atom stereocenters. The average Bonchev–Trinajstić information content (AvgIpc) is 2.32. The molecule has 0 aromatic carbocycles. The third kappa shape index (κ3) is 6.26. The van der Waals surface area contributed by atoms with E-state index in [0.717, 1.165) is 11.8 Å². The van der Waals surface area contributed by atoms with Crippen molar-refractivity contribution in [2.75, 3.05) is 6.26 Å². The summed E-state index contributed by atoms with van der Waals surface area (Å²) in [7, 11) is 0. The maximum absolute atomic E-state index is 11.3. The molecule has 20 heavy (non-hydrogen) atoms. The first-order valence-electron chi connectivity index (χ1n) is 6.68. The van der Waals surface area contributed by atoms with Crippen LogP contribution in [0.25, 0.3) is 0 Å². The van der Waals surface area contributed by atoms with Crippen molar-refractivity contribution in [3.05, 3.63) is 12.2 Å². The number of rotatable bonds is 2. The SMILES string of the molecule is CSC(=O)OC1/C=C/C(O)CC(OC(C)(C)C)C(O)C1. The molecule has 1 aliphatic rings. The van der Waals surface area contributed by atoms with E-state index < -0.39 is 35.3 Å². The summed E-state index contributed by atoms with van der Waals surface area (Å²) in [5.41, 5.74) is -0.417. The fourth-order valence-corrected chi connectivity index (χ4v) is 2.25. The number of hydrogen-bond donors (Lipinski definition) is 2. The van der Waals surface area contributed by atoms with E-state index in [9.17, 15) is 15.0 Å². The van der Waals surface area contributed by atoms with Gasteiger partial charge in [0.25, 0.3) is 0 Å². The lowest BCUT2D eigenvalue weighted by Gasteiger charge is -2.33. The number of carbonyl (C=O) groups is 1. The molecule has 0 aromatic heterocycles. The molecule has 0 amide bonds. The van der Waals surface area contributed by atoms with Gasteiger partial charge in [0.2, 0.25) is 0 Å². The zero-order valence-electron chi connectivity index (χ0n) is 12.4. The van der Waals surface area contributed by atoms with Crippen molar-refractivity contribution in [2.45, 2.75) is 63.6 Å². The predicted octanol–water partition coefficient (Wildman–Crippen LogP) is 2.11. The third-order valence-electron chi connectivity index (χ3n) is 2.84. The molecule has 0 saturated carbocycles. The van der Waals surface area contributed by atoms with E-state index in [1.807, 2.05) is 20.8 Å². The number of hydrogen-bond acceptors (Lipinski definition) is 6. The molecule has 4 atom stereocenters. The first kappa shape index (κ1) is 17.5. The third-order valence-corrected chi connectivity index (χ3v) is 3.27. The fourth-order valence-electron chi connectivity index (χ4n) is 2.03. The van der Waals surface area contributed by atoms with Gasteiger partial charge in [0.05, 0.1) is 23.9 Å². The van der Waals surface area contributed by atoms with Crippen LogP contribution in [0.3, 0.4) is 0 Å². The second-order valence-corrected chi connectivity index (χ2v) is 6.61. The Hall–Kier alpha value is -0.560. The van der Waals surface area contributed by atoms with Crippen molar-refractivity contribution < 1.29 is 24.5 Å². The minimum Gasteiger partial charge on any atom is -0.450 e. The van der Waals surface area contributed by atoms with Crippen LogP contribution in [0, 0.1) is 0 Å². The van der Waals surface area contributed by atoms with Gasteiger partial charge in [0, 0.05) is 12.8 Å². The highest BCUT2D eigenvalue weighted by Crippen LogP contribution is 2.24. The Morgan fingerprint density at radius 3 is 2.45 bits per heavy atom. The highest BCUT2D eigenvalue weighted by molar-refractivity contribution is 8.12. The first-order chi connectivity index (χ1) is 9.21. The Kier molecular flexibility index (Phi) is 6.51. The van der Waals surface area contributed by atoms with Gasteiger partial charge in [0.1, 0.15) is 6.10 Å². The van der Waals surface area contributed by atoms with Gasteiger partial charge in [-0.1, -0.05) is 6.08 Å². The van der Waals surface area contributed by atoms with Crippen LogP contribution >= 0.6 is 11.8 Å². The molecule has 0 aromatic rings. The Morgan fingerprint density at radius 2 is 1.90 bits per heavy atom. The van der Waals surface area contributed by atoms with Crippen molar-refractivity contribution in [2.24, 2.45) is 0 Å². The number of aliphatic hydroxyl groups excluding tert-OH is 2. The molecule has 0 saturated heterocycles. The highest BCUT2D eigenvalue weighted by atomic mass is 32.2. The van der Waals surface area contributed by atoms with Gasteiger partial charge >= 0.3 is 5.30 Å². The number of thioether (sulfide) groups is 1. The van der Waals surface area contributed by atoms with Crippen LogP contribution in [-0.4, -0.2) is 51.8 Å². The maximum Gasteiger partial charge on any atom is 0.367 e. The van der Waals surface area contributed by atoms with Crippen LogP contribution in [0.2, 0.25) is 0 Å². The van der Waals surface area contributed by atoms with Crippen molar-refractivity contribution in [3.63, 3.8) is 0 Å². The van der Waals surface area contributed by atoms with E-state index in [4.69, 9.17) is 9.47 Å². The molecule has 1 rings (SSSR count). The maximum atomic E-state index is 11.3. The molecule has 6 heteroatoms. The molecular weight excluding hydrogens is 280 g/mol. The van der Waals surface area contributed by atoms with Gasteiger partial charge in [-0.25, -0.2) is 4.79 Å². The second-order valence-electron chi connectivity index (χ2n) is 5.87. The lowest BCUT2D eigenvalue weighted by Crippen LogP contribution is -2.41.